The Labute approximate surface area is 107 Å². The third-order valence-corrected chi connectivity index (χ3v) is 3.27. The summed E-state index contributed by atoms with van der Waals surface area (Å²) in [5.41, 5.74) is 2.28. The van der Waals surface area contributed by atoms with Crippen molar-refractivity contribution in [2.24, 2.45) is 0 Å². The molecule has 1 fully saturated rings. The van der Waals surface area contributed by atoms with Crippen LogP contribution in [0.25, 0.3) is 0 Å². The molecule has 1 aromatic heterocycles. The van der Waals surface area contributed by atoms with Crippen LogP contribution in [0, 0.1) is 0 Å². The van der Waals surface area contributed by atoms with Crippen LogP contribution in [0.4, 0.5) is 0 Å². The standard InChI is InChI=1S/C15H16N2O/c1-11-14(12-6-3-2-4-7-12)18-15(17-11)13-8-5-9-16-10-13/h2-11,14-15,17H,1H3. The summed E-state index contributed by atoms with van der Waals surface area (Å²) in [5.74, 6) is 0. The van der Waals surface area contributed by atoms with Crippen LogP contribution in [0.1, 0.15) is 30.4 Å². The van der Waals surface area contributed by atoms with E-state index in [4.69, 9.17) is 4.74 Å². The molecule has 1 aliphatic heterocycles. The Balaban J connectivity index is 1.81. The highest BCUT2D eigenvalue weighted by molar-refractivity contribution is 5.22. The fourth-order valence-corrected chi connectivity index (χ4v) is 2.35. The molecule has 3 atom stereocenters. The summed E-state index contributed by atoms with van der Waals surface area (Å²) in [4.78, 5) is 4.13. The molecule has 2 heterocycles. The average Bonchev–Trinajstić information content (AvgIpc) is 2.83. The first kappa shape index (κ1) is 11.4. The minimum atomic E-state index is -0.0705. The van der Waals surface area contributed by atoms with Crippen molar-refractivity contribution in [2.45, 2.75) is 25.3 Å². The second-order valence-corrected chi connectivity index (χ2v) is 4.59. The molecule has 3 nitrogen and oxygen atoms in total. The molecule has 2 aromatic rings. The number of rotatable bonds is 2. The van der Waals surface area contributed by atoms with E-state index in [1.54, 1.807) is 6.20 Å². The molecule has 0 bridgehead atoms. The van der Waals surface area contributed by atoms with E-state index in [1.165, 1.54) is 5.56 Å². The SMILES string of the molecule is CC1NC(c2cccnc2)OC1c1ccccc1. The van der Waals surface area contributed by atoms with Gasteiger partial charge in [0.2, 0.25) is 0 Å². The summed E-state index contributed by atoms with van der Waals surface area (Å²) in [6.45, 7) is 2.15. The highest BCUT2D eigenvalue weighted by Gasteiger charge is 2.33. The summed E-state index contributed by atoms with van der Waals surface area (Å²) in [6.07, 6.45) is 3.64. The summed E-state index contributed by atoms with van der Waals surface area (Å²) in [5, 5.41) is 3.46. The van der Waals surface area contributed by atoms with Gasteiger partial charge in [0.15, 0.2) is 0 Å². The van der Waals surface area contributed by atoms with Crippen molar-refractivity contribution in [1.29, 1.82) is 0 Å². The van der Waals surface area contributed by atoms with E-state index in [9.17, 15) is 0 Å². The second kappa shape index (κ2) is 4.88. The third-order valence-electron chi connectivity index (χ3n) is 3.27. The number of aromatic nitrogens is 1. The van der Waals surface area contributed by atoms with E-state index in [-0.39, 0.29) is 18.4 Å². The summed E-state index contributed by atoms with van der Waals surface area (Å²) in [7, 11) is 0. The smallest absolute Gasteiger partial charge is 0.137 e. The molecule has 3 heteroatoms. The lowest BCUT2D eigenvalue weighted by Crippen LogP contribution is -2.23. The highest BCUT2D eigenvalue weighted by atomic mass is 16.5. The van der Waals surface area contributed by atoms with Gasteiger partial charge in [-0.3, -0.25) is 10.3 Å². The number of ether oxygens (including phenoxy) is 1. The van der Waals surface area contributed by atoms with Crippen LogP contribution in [0.5, 0.6) is 0 Å². The number of nitrogens with one attached hydrogen (secondary N) is 1. The Morgan fingerprint density at radius 2 is 1.83 bits per heavy atom. The first-order valence-corrected chi connectivity index (χ1v) is 6.21. The average molecular weight is 240 g/mol. The van der Waals surface area contributed by atoms with Crippen molar-refractivity contribution >= 4 is 0 Å². The minimum Gasteiger partial charge on any atom is -0.349 e. The van der Waals surface area contributed by atoms with Crippen LogP contribution in [0.15, 0.2) is 54.9 Å². The lowest BCUT2D eigenvalue weighted by Gasteiger charge is -2.14. The molecular weight excluding hydrogens is 224 g/mol. The fourth-order valence-electron chi connectivity index (χ4n) is 2.35. The molecule has 0 amide bonds. The Morgan fingerprint density at radius 1 is 1.06 bits per heavy atom. The molecular formula is C15H16N2O. The van der Waals surface area contributed by atoms with Gasteiger partial charge in [0.05, 0.1) is 0 Å². The minimum absolute atomic E-state index is 0.0705. The van der Waals surface area contributed by atoms with Crippen molar-refractivity contribution in [1.82, 2.24) is 10.3 Å². The summed E-state index contributed by atoms with van der Waals surface area (Å²) in [6, 6.07) is 14.6. The van der Waals surface area contributed by atoms with Gasteiger partial charge < -0.3 is 4.74 Å². The number of hydrogen-bond donors (Lipinski definition) is 1. The molecule has 0 saturated carbocycles. The van der Waals surface area contributed by atoms with Gasteiger partial charge in [-0.25, -0.2) is 0 Å². The summed E-state index contributed by atoms with van der Waals surface area (Å²) < 4.78 is 6.09. The monoisotopic (exact) mass is 240 g/mol. The predicted molar refractivity (Wildman–Crippen MR) is 69.8 cm³/mol. The maximum atomic E-state index is 6.09. The van der Waals surface area contributed by atoms with Gasteiger partial charge in [0.25, 0.3) is 0 Å². The van der Waals surface area contributed by atoms with Gasteiger partial charge in [-0.2, -0.15) is 0 Å². The maximum absolute atomic E-state index is 6.09. The molecule has 3 unspecified atom stereocenters. The zero-order valence-electron chi connectivity index (χ0n) is 10.3. The molecule has 3 rings (SSSR count). The lowest BCUT2D eigenvalue weighted by molar-refractivity contribution is 0.0362. The Bertz CT molecular complexity index is 500. The van der Waals surface area contributed by atoms with Crippen LogP contribution in [-0.2, 0) is 4.74 Å². The van der Waals surface area contributed by atoms with Crippen molar-refractivity contribution < 1.29 is 4.74 Å². The Kier molecular flexibility index (Phi) is 3.09. The third kappa shape index (κ3) is 2.15. The van der Waals surface area contributed by atoms with Crippen LogP contribution in [0.3, 0.4) is 0 Å². The van der Waals surface area contributed by atoms with Crippen LogP contribution < -0.4 is 5.32 Å². The first-order valence-electron chi connectivity index (χ1n) is 6.21. The molecule has 18 heavy (non-hydrogen) atoms. The van der Waals surface area contributed by atoms with E-state index in [1.807, 2.05) is 36.5 Å². The van der Waals surface area contributed by atoms with Crippen molar-refractivity contribution in [2.75, 3.05) is 0 Å². The Morgan fingerprint density at radius 3 is 2.56 bits per heavy atom. The molecule has 0 radical (unpaired) electrons. The van der Waals surface area contributed by atoms with E-state index >= 15 is 0 Å². The molecule has 1 aromatic carbocycles. The van der Waals surface area contributed by atoms with E-state index < -0.39 is 0 Å². The topological polar surface area (TPSA) is 34.2 Å². The first-order chi connectivity index (χ1) is 8.84. The summed E-state index contributed by atoms with van der Waals surface area (Å²) >= 11 is 0. The zero-order valence-corrected chi connectivity index (χ0v) is 10.3. The van der Waals surface area contributed by atoms with Gasteiger partial charge in [0, 0.05) is 24.0 Å². The quantitative estimate of drug-likeness (QED) is 0.876. The molecule has 0 aliphatic carbocycles. The van der Waals surface area contributed by atoms with Gasteiger partial charge in [-0.05, 0) is 18.6 Å². The van der Waals surface area contributed by atoms with E-state index in [0.29, 0.717) is 0 Å². The van der Waals surface area contributed by atoms with Gasteiger partial charge in [-0.15, -0.1) is 0 Å². The molecule has 1 saturated heterocycles. The highest BCUT2D eigenvalue weighted by Crippen LogP contribution is 2.34. The predicted octanol–water partition coefficient (Wildman–Crippen LogP) is 2.83. The van der Waals surface area contributed by atoms with Crippen LogP contribution >= 0.6 is 0 Å². The van der Waals surface area contributed by atoms with Crippen molar-refractivity contribution in [3.8, 4) is 0 Å². The number of hydrogen-bond acceptors (Lipinski definition) is 3. The van der Waals surface area contributed by atoms with E-state index in [2.05, 4.69) is 29.4 Å². The molecule has 0 spiro atoms. The second-order valence-electron chi connectivity index (χ2n) is 4.59. The number of pyridine rings is 1. The maximum Gasteiger partial charge on any atom is 0.137 e. The van der Waals surface area contributed by atoms with Gasteiger partial charge in [-0.1, -0.05) is 36.4 Å². The van der Waals surface area contributed by atoms with Crippen LogP contribution in [0.2, 0.25) is 0 Å². The normalized spacial score (nSPS) is 27.3. The fraction of sp³-hybridized carbons (Fsp3) is 0.267. The van der Waals surface area contributed by atoms with Crippen molar-refractivity contribution in [3.63, 3.8) is 0 Å². The Hall–Kier alpha value is -1.71. The largest absolute Gasteiger partial charge is 0.349 e. The van der Waals surface area contributed by atoms with E-state index in [0.717, 1.165) is 5.56 Å². The van der Waals surface area contributed by atoms with Gasteiger partial charge >= 0.3 is 0 Å². The zero-order chi connectivity index (χ0) is 12.4. The number of nitrogens with zero attached hydrogens (tertiary/aromatic N) is 1. The molecule has 92 valence electrons. The van der Waals surface area contributed by atoms with Crippen molar-refractivity contribution in [3.05, 3.63) is 66.0 Å². The van der Waals surface area contributed by atoms with Crippen LogP contribution in [-0.4, -0.2) is 11.0 Å². The number of benzene rings is 1. The molecule has 1 N–H and O–H groups in total. The lowest BCUT2D eigenvalue weighted by atomic mass is 10.0. The molecule has 1 aliphatic rings. The van der Waals surface area contributed by atoms with Gasteiger partial charge in [0.1, 0.15) is 12.3 Å².